The number of nitrogens with zero attached hydrogens (tertiary/aromatic N) is 1. The number of hydrogen-bond donors (Lipinski definition) is 0. The number of benzene rings is 1. The fourth-order valence-corrected chi connectivity index (χ4v) is 2.45. The van der Waals surface area contributed by atoms with Gasteiger partial charge in [0.05, 0.1) is 10.5 Å². The SMILES string of the molecule is CC(C)n1cc(Br)c2cccc(Cl)c21. The number of rotatable bonds is 1. The molecule has 0 spiro atoms. The lowest BCUT2D eigenvalue weighted by Gasteiger charge is -2.09. The van der Waals surface area contributed by atoms with Crippen molar-refractivity contribution >= 4 is 38.4 Å². The molecule has 14 heavy (non-hydrogen) atoms. The van der Waals surface area contributed by atoms with Gasteiger partial charge >= 0.3 is 0 Å². The van der Waals surface area contributed by atoms with Crippen molar-refractivity contribution in [2.45, 2.75) is 19.9 Å². The van der Waals surface area contributed by atoms with Crippen LogP contribution in [0.2, 0.25) is 5.02 Å². The molecule has 1 nitrogen and oxygen atoms in total. The molecule has 0 bridgehead atoms. The van der Waals surface area contributed by atoms with Gasteiger partial charge in [0.25, 0.3) is 0 Å². The average Bonchev–Trinajstić information content (AvgIpc) is 2.46. The van der Waals surface area contributed by atoms with Gasteiger partial charge in [-0.1, -0.05) is 23.7 Å². The summed E-state index contributed by atoms with van der Waals surface area (Å²) in [6.45, 7) is 4.30. The lowest BCUT2D eigenvalue weighted by Crippen LogP contribution is -1.98. The molecule has 74 valence electrons. The Bertz CT molecular complexity index is 473. The van der Waals surface area contributed by atoms with Gasteiger partial charge in [0.2, 0.25) is 0 Å². The summed E-state index contributed by atoms with van der Waals surface area (Å²) in [5.41, 5.74) is 1.11. The van der Waals surface area contributed by atoms with E-state index in [1.807, 2.05) is 12.1 Å². The third-order valence-electron chi connectivity index (χ3n) is 2.31. The zero-order valence-electron chi connectivity index (χ0n) is 8.09. The highest BCUT2D eigenvalue weighted by molar-refractivity contribution is 9.10. The largest absolute Gasteiger partial charge is 0.343 e. The third kappa shape index (κ3) is 1.47. The van der Waals surface area contributed by atoms with Crippen LogP contribution in [0.15, 0.2) is 28.9 Å². The van der Waals surface area contributed by atoms with Crippen LogP contribution in [0.25, 0.3) is 10.9 Å². The Balaban J connectivity index is 2.86. The summed E-state index contributed by atoms with van der Waals surface area (Å²) < 4.78 is 3.28. The molecule has 0 N–H and O–H groups in total. The van der Waals surface area contributed by atoms with Crippen molar-refractivity contribution in [3.63, 3.8) is 0 Å². The number of para-hydroxylation sites is 1. The summed E-state index contributed by atoms with van der Waals surface area (Å²) in [6.07, 6.45) is 2.08. The molecule has 0 aliphatic carbocycles. The third-order valence-corrected chi connectivity index (χ3v) is 3.25. The predicted octanol–water partition coefficient (Wildman–Crippen LogP) is 4.64. The molecule has 0 amide bonds. The van der Waals surface area contributed by atoms with E-state index in [0.29, 0.717) is 6.04 Å². The fourth-order valence-electron chi connectivity index (χ4n) is 1.63. The van der Waals surface area contributed by atoms with Gasteiger partial charge in [0, 0.05) is 22.1 Å². The second-order valence-corrected chi connectivity index (χ2v) is 4.88. The van der Waals surface area contributed by atoms with Crippen molar-refractivity contribution in [3.8, 4) is 0 Å². The van der Waals surface area contributed by atoms with E-state index >= 15 is 0 Å². The van der Waals surface area contributed by atoms with Gasteiger partial charge in [0.1, 0.15) is 0 Å². The Hall–Kier alpha value is -0.470. The lowest BCUT2D eigenvalue weighted by molar-refractivity contribution is 0.622. The molecule has 0 saturated heterocycles. The van der Waals surface area contributed by atoms with Crippen LogP contribution < -0.4 is 0 Å². The number of fused-ring (bicyclic) bond motifs is 1. The molecule has 0 aliphatic rings. The van der Waals surface area contributed by atoms with E-state index in [4.69, 9.17) is 11.6 Å². The van der Waals surface area contributed by atoms with Gasteiger partial charge in [-0.15, -0.1) is 0 Å². The minimum atomic E-state index is 0.420. The molecule has 2 rings (SSSR count). The minimum absolute atomic E-state index is 0.420. The highest BCUT2D eigenvalue weighted by Crippen LogP contribution is 2.33. The summed E-state index contributed by atoms with van der Waals surface area (Å²) in [6, 6.07) is 6.39. The van der Waals surface area contributed by atoms with Crippen LogP contribution in [0.3, 0.4) is 0 Å². The van der Waals surface area contributed by atoms with Crippen LogP contribution in [0.4, 0.5) is 0 Å². The molecular weight excluding hydrogens is 261 g/mol. The second kappa shape index (κ2) is 3.59. The Morgan fingerprint density at radius 3 is 2.71 bits per heavy atom. The molecule has 0 saturated carbocycles. The van der Waals surface area contributed by atoms with Crippen molar-refractivity contribution in [3.05, 3.63) is 33.9 Å². The standard InChI is InChI=1S/C11H11BrClN/c1-7(2)14-6-9(12)8-4-3-5-10(13)11(8)14/h3-7H,1-2H3. The van der Waals surface area contributed by atoms with Crippen molar-refractivity contribution in [2.75, 3.05) is 0 Å². The van der Waals surface area contributed by atoms with Crippen LogP contribution in [-0.2, 0) is 0 Å². The Kier molecular flexibility index (Phi) is 2.58. The summed E-state index contributed by atoms with van der Waals surface area (Å²) in [5, 5.41) is 1.98. The summed E-state index contributed by atoms with van der Waals surface area (Å²) >= 11 is 9.72. The number of hydrogen-bond acceptors (Lipinski definition) is 0. The van der Waals surface area contributed by atoms with Crippen molar-refractivity contribution < 1.29 is 0 Å². The molecule has 0 radical (unpaired) electrons. The Morgan fingerprint density at radius 2 is 2.07 bits per heavy atom. The van der Waals surface area contributed by atoms with Gasteiger partial charge in [-0.3, -0.25) is 0 Å². The quantitative estimate of drug-likeness (QED) is 0.713. The normalized spacial score (nSPS) is 11.5. The van der Waals surface area contributed by atoms with Gasteiger partial charge in [-0.2, -0.15) is 0 Å². The zero-order valence-corrected chi connectivity index (χ0v) is 10.4. The van der Waals surface area contributed by atoms with E-state index in [1.165, 1.54) is 5.39 Å². The molecule has 1 aromatic heterocycles. The maximum absolute atomic E-state index is 6.18. The van der Waals surface area contributed by atoms with Gasteiger partial charge in [0.15, 0.2) is 0 Å². The van der Waals surface area contributed by atoms with Crippen LogP contribution in [0, 0.1) is 0 Å². The van der Waals surface area contributed by atoms with E-state index in [0.717, 1.165) is 15.0 Å². The second-order valence-electron chi connectivity index (χ2n) is 3.61. The monoisotopic (exact) mass is 271 g/mol. The van der Waals surface area contributed by atoms with Gasteiger partial charge in [-0.05, 0) is 35.8 Å². The van der Waals surface area contributed by atoms with E-state index in [1.54, 1.807) is 0 Å². The number of aromatic nitrogens is 1. The molecule has 0 fully saturated rings. The summed E-state index contributed by atoms with van der Waals surface area (Å²) in [4.78, 5) is 0. The summed E-state index contributed by atoms with van der Waals surface area (Å²) in [7, 11) is 0. The van der Waals surface area contributed by atoms with Crippen LogP contribution in [0.5, 0.6) is 0 Å². The van der Waals surface area contributed by atoms with E-state index in [-0.39, 0.29) is 0 Å². The van der Waals surface area contributed by atoms with Crippen molar-refractivity contribution in [1.82, 2.24) is 4.57 Å². The van der Waals surface area contributed by atoms with Crippen molar-refractivity contribution in [1.29, 1.82) is 0 Å². The maximum atomic E-state index is 6.18. The number of halogens is 2. The molecule has 3 heteroatoms. The van der Waals surface area contributed by atoms with Gasteiger partial charge < -0.3 is 4.57 Å². The first-order chi connectivity index (χ1) is 6.61. The van der Waals surface area contributed by atoms with Crippen LogP contribution in [0.1, 0.15) is 19.9 Å². The minimum Gasteiger partial charge on any atom is -0.343 e. The average molecular weight is 273 g/mol. The van der Waals surface area contributed by atoms with E-state index in [2.05, 4.69) is 46.6 Å². The highest BCUT2D eigenvalue weighted by atomic mass is 79.9. The molecule has 2 aromatic rings. The predicted molar refractivity (Wildman–Crippen MR) is 65.0 cm³/mol. The molecule has 1 aromatic carbocycles. The van der Waals surface area contributed by atoms with Gasteiger partial charge in [-0.25, -0.2) is 0 Å². The fraction of sp³-hybridized carbons (Fsp3) is 0.273. The lowest BCUT2D eigenvalue weighted by atomic mass is 10.2. The molecular formula is C11H11BrClN. The topological polar surface area (TPSA) is 4.93 Å². The van der Waals surface area contributed by atoms with Crippen LogP contribution in [-0.4, -0.2) is 4.57 Å². The Labute approximate surface area is 96.8 Å². The smallest absolute Gasteiger partial charge is 0.0683 e. The molecule has 0 unspecified atom stereocenters. The van der Waals surface area contributed by atoms with Crippen molar-refractivity contribution in [2.24, 2.45) is 0 Å². The molecule has 0 atom stereocenters. The highest BCUT2D eigenvalue weighted by Gasteiger charge is 2.10. The molecule has 1 heterocycles. The van der Waals surface area contributed by atoms with E-state index < -0.39 is 0 Å². The van der Waals surface area contributed by atoms with Crippen LogP contribution >= 0.6 is 27.5 Å². The zero-order chi connectivity index (χ0) is 10.3. The van der Waals surface area contributed by atoms with E-state index in [9.17, 15) is 0 Å². The maximum Gasteiger partial charge on any atom is 0.0683 e. The first-order valence-corrected chi connectivity index (χ1v) is 5.73. The first-order valence-electron chi connectivity index (χ1n) is 4.56. The Morgan fingerprint density at radius 1 is 1.36 bits per heavy atom. The summed E-state index contributed by atoms with van der Waals surface area (Å²) in [5.74, 6) is 0. The molecule has 0 aliphatic heterocycles. The first kappa shape index (κ1) is 10.1.